The van der Waals surface area contributed by atoms with Gasteiger partial charge in [-0.15, -0.1) is 0 Å². The highest BCUT2D eigenvalue weighted by Crippen LogP contribution is 2.55. The zero-order valence-electron chi connectivity index (χ0n) is 9.36. The molecule has 0 spiro atoms. The molecule has 1 aliphatic carbocycles. The first-order chi connectivity index (χ1) is 7.04. The molecule has 1 aliphatic rings. The Bertz CT molecular complexity index is 337. The minimum atomic E-state index is -0.0186. The molecule has 1 saturated carbocycles. The lowest BCUT2D eigenvalue weighted by Gasteiger charge is -2.15. The molecule has 1 fully saturated rings. The van der Waals surface area contributed by atoms with Crippen LogP contribution in [0, 0.1) is 5.41 Å². The molecule has 1 heterocycles. The Hall–Kier alpha value is -1.09. The molecule has 0 amide bonds. The molecule has 0 aromatic carbocycles. The van der Waals surface area contributed by atoms with Gasteiger partial charge in [-0.1, -0.05) is 13.8 Å². The molecule has 3 heteroatoms. The molecule has 1 aromatic rings. The summed E-state index contributed by atoms with van der Waals surface area (Å²) in [7, 11) is 0. The van der Waals surface area contributed by atoms with Crippen LogP contribution in [0.2, 0.25) is 0 Å². The third-order valence-electron chi connectivity index (χ3n) is 3.43. The van der Waals surface area contributed by atoms with Gasteiger partial charge in [-0.2, -0.15) is 0 Å². The maximum Gasteiger partial charge on any atom is 0.137 e. The lowest BCUT2D eigenvalue weighted by molar-refractivity contribution is 0.279. The minimum Gasteiger partial charge on any atom is -0.492 e. The smallest absolute Gasteiger partial charge is 0.137 e. The van der Waals surface area contributed by atoms with E-state index < -0.39 is 0 Å². The van der Waals surface area contributed by atoms with Crippen LogP contribution in [0.4, 0.5) is 0 Å². The molecule has 0 aliphatic heterocycles. The van der Waals surface area contributed by atoms with E-state index >= 15 is 0 Å². The van der Waals surface area contributed by atoms with E-state index in [1.807, 2.05) is 12.1 Å². The zero-order chi connectivity index (χ0) is 10.9. The van der Waals surface area contributed by atoms with Crippen molar-refractivity contribution in [2.45, 2.75) is 32.2 Å². The molecule has 0 bridgehead atoms. The molecule has 2 N–H and O–H groups in total. The molecule has 0 radical (unpaired) electrons. The normalized spacial score (nSPS) is 27.4. The van der Waals surface area contributed by atoms with Crippen molar-refractivity contribution in [2.24, 2.45) is 11.1 Å². The Kier molecular flexibility index (Phi) is 2.43. The van der Waals surface area contributed by atoms with Crippen LogP contribution in [0.3, 0.4) is 0 Å². The molecule has 15 heavy (non-hydrogen) atoms. The zero-order valence-corrected chi connectivity index (χ0v) is 9.36. The Balaban J connectivity index is 1.77. The van der Waals surface area contributed by atoms with Gasteiger partial charge in [-0.05, 0) is 30.4 Å². The molecule has 1 unspecified atom stereocenters. The SMILES string of the molecule is CC1(C)CC1(N)CCOc1cccnc1. The summed E-state index contributed by atoms with van der Waals surface area (Å²) in [5.41, 5.74) is 6.46. The van der Waals surface area contributed by atoms with E-state index in [2.05, 4.69) is 18.8 Å². The highest BCUT2D eigenvalue weighted by Gasteiger charge is 2.57. The van der Waals surface area contributed by atoms with E-state index in [4.69, 9.17) is 10.5 Å². The first-order valence-electron chi connectivity index (χ1n) is 5.35. The van der Waals surface area contributed by atoms with Crippen LogP contribution in [0.1, 0.15) is 26.7 Å². The predicted molar refractivity (Wildman–Crippen MR) is 59.7 cm³/mol. The van der Waals surface area contributed by atoms with Crippen molar-refractivity contribution in [3.63, 3.8) is 0 Å². The molecule has 3 nitrogen and oxygen atoms in total. The number of nitrogens with zero attached hydrogens (tertiary/aromatic N) is 1. The molecule has 0 saturated heterocycles. The minimum absolute atomic E-state index is 0.0186. The fourth-order valence-electron chi connectivity index (χ4n) is 1.95. The molecular weight excluding hydrogens is 188 g/mol. The van der Waals surface area contributed by atoms with Gasteiger partial charge in [0.1, 0.15) is 5.75 Å². The van der Waals surface area contributed by atoms with Crippen molar-refractivity contribution in [3.8, 4) is 5.75 Å². The summed E-state index contributed by atoms with van der Waals surface area (Å²) in [5.74, 6) is 0.819. The summed E-state index contributed by atoms with van der Waals surface area (Å²) in [6.45, 7) is 5.08. The fraction of sp³-hybridized carbons (Fsp3) is 0.583. The van der Waals surface area contributed by atoms with Gasteiger partial charge in [0, 0.05) is 11.7 Å². The Morgan fingerprint density at radius 3 is 2.80 bits per heavy atom. The van der Waals surface area contributed by atoms with E-state index in [1.165, 1.54) is 0 Å². The van der Waals surface area contributed by atoms with Crippen molar-refractivity contribution in [1.82, 2.24) is 4.98 Å². The second-order valence-corrected chi connectivity index (χ2v) is 5.00. The van der Waals surface area contributed by atoms with Gasteiger partial charge < -0.3 is 10.5 Å². The van der Waals surface area contributed by atoms with Crippen molar-refractivity contribution in [3.05, 3.63) is 24.5 Å². The quantitative estimate of drug-likeness (QED) is 0.819. The van der Waals surface area contributed by atoms with Gasteiger partial charge in [-0.25, -0.2) is 0 Å². The molecule has 1 atom stereocenters. The van der Waals surface area contributed by atoms with Crippen LogP contribution in [-0.4, -0.2) is 17.1 Å². The van der Waals surface area contributed by atoms with Gasteiger partial charge >= 0.3 is 0 Å². The fourth-order valence-corrected chi connectivity index (χ4v) is 1.95. The number of hydrogen-bond acceptors (Lipinski definition) is 3. The lowest BCUT2D eigenvalue weighted by Crippen LogP contribution is -2.30. The Labute approximate surface area is 90.7 Å². The summed E-state index contributed by atoms with van der Waals surface area (Å²) in [6, 6.07) is 3.78. The maximum absolute atomic E-state index is 6.19. The van der Waals surface area contributed by atoms with E-state index in [0.717, 1.165) is 18.6 Å². The molecule has 1 aromatic heterocycles. The molecular formula is C12H18N2O. The van der Waals surface area contributed by atoms with E-state index in [1.54, 1.807) is 12.4 Å². The summed E-state index contributed by atoms with van der Waals surface area (Å²) in [6.07, 6.45) is 5.47. The lowest BCUT2D eigenvalue weighted by atomic mass is 10.0. The maximum atomic E-state index is 6.19. The van der Waals surface area contributed by atoms with Crippen LogP contribution in [-0.2, 0) is 0 Å². The van der Waals surface area contributed by atoms with Crippen molar-refractivity contribution in [2.75, 3.05) is 6.61 Å². The second kappa shape index (κ2) is 3.49. The third-order valence-corrected chi connectivity index (χ3v) is 3.43. The van der Waals surface area contributed by atoms with Crippen LogP contribution in [0.15, 0.2) is 24.5 Å². The molecule has 2 rings (SSSR count). The van der Waals surface area contributed by atoms with Crippen molar-refractivity contribution >= 4 is 0 Å². The topological polar surface area (TPSA) is 48.1 Å². The average Bonchev–Trinajstić information content (AvgIpc) is 2.67. The van der Waals surface area contributed by atoms with Crippen LogP contribution >= 0.6 is 0 Å². The average molecular weight is 206 g/mol. The summed E-state index contributed by atoms with van der Waals surface area (Å²) < 4.78 is 5.57. The summed E-state index contributed by atoms with van der Waals surface area (Å²) >= 11 is 0. The van der Waals surface area contributed by atoms with Crippen molar-refractivity contribution < 1.29 is 4.74 Å². The first-order valence-corrected chi connectivity index (χ1v) is 5.35. The number of ether oxygens (including phenoxy) is 1. The Morgan fingerprint density at radius 1 is 1.53 bits per heavy atom. The van der Waals surface area contributed by atoms with Crippen molar-refractivity contribution in [1.29, 1.82) is 0 Å². The molecule has 82 valence electrons. The van der Waals surface area contributed by atoms with Gasteiger partial charge in [0.15, 0.2) is 0 Å². The standard InChI is InChI=1S/C12H18N2O/c1-11(2)9-12(11,13)5-7-15-10-4-3-6-14-8-10/h3-4,6,8H,5,7,9,13H2,1-2H3. The second-order valence-electron chi connectivity index (χ2n) is 5.00. The van der Waals surface area contributed by atoms with Gasteiger partial charge in [-0.3, -0.25) is 4.98 Å². The van der Waals surface area contributed by atoms with E-state index in [0.29, 0.717) is 6.61 Å². The van der Waals surface area contributed by atoms with Gasteiger partial charge in [0.25, 0.3) is 0 Å². The summed E-state index contributed by atoms with van der Waals surface area (Å²) in [4.78, 5) is 3.99. The highest BCUT2D eigenvalue weighted by atomic mass is 16.5. The monoisotopic (exact) mass is 206 g/mol. The first kappa shape index (κ1) is 10.4. The van der Waals surface area contributed by atoms with Crippen LogP contribution in [0.25, 0.3) is 0 Å². The predicted octanol–water partition coefficient (Wildman–Crippen LogP) is 1.98. The van der Waals surface area contributed by atoms with Gasteiger partial charge in [0.05, 0.1) is 12.8 Å². The number of hydrogen-bond donors (Lipinski definition) is 1. The van der Waals surface area contributed by atoms with Crippen LogP contribution in [0.5, 0.6) is 5.75 Å². The number of aromatic nitrogens is 1. The van der Waals surface area contributed by atoms with E-state index in [-0.39, 0.29) is 11.0 Å². The summed E-state index contributed by atoms with van der Waals surface area (Å²) in [5, 5.41) is 0. The Morgan fingerprint density at radius 2 is 2.27 bits per heavy atom. The van der Waals surface area contributed by atoms with Gasteiger partial charge in [0.2, 0.25) is 0 Å². The van der Waals surface area contributed by atoms with Crippen LogP contribution < -0.4 is 10.5 Å². The number of pyridine rings is 1. The number of rotatable bonds is 4. The highest BCUT2D eigenvalue weighted by molar-refractivity contribution is 5.17. The van der Waals surface area contributed by atoms with E-state index in [9.17, 15) is 0 Å². The largest absolute Gasteiger partial charge is 0.492 e. The number of nitrogens with two attached hydrogens (primary N) is 1. The third kappa shape index (κ3) is 2.12.